The molecule has 0 unspecified atom stereocenters. The molecule has 0 bridgehead atoms. The molecule has 1 saturated heterocycles. The third-order valence-electron chi connectivity index (χ3n) is 3.56. The molecule has 1 aliphatic heterocycles. The molecular weight excluding hydrogens is 266 g/mol. The van der Waals surface area contributed by atoms with Crippen molar-refractivity contribution >= 4 is 23.2 Å². The van der Waals surface area contributed by atoms with Gasteiger partial charge in [-0.25, -0.2) is 0 Å². The SMILES string of the molecule is CC(C)C[C@H](N)C(=O)Nc1cccc(N2CCCC2=O)c1. The number of carbonyl (C=O) groups excluding carboxylic acids is 2. The van der Waals surface area contributed by atoms with E-state index in [2.05, 4.69) is 5.32 Å². The second kappa shape index (κ2) is 6.72. The fourth-order valence-corrected chi connectivity index (χ4v) is 2.52. The van der Waals surface area contributed by atoms with E-state index >= 15 is 0 Å². The van der Waals surface area contributed by atoms with Crippen LogP contribution in [0.4, 0.5) is 11.4 Å². The number of rotatable bonds is 5. The summed E-state index contributed by atoms with van der Waals surface area (Å²) in [6.45, 7) is 4.81. The highest BCUT2D eigenvalue weighted by molar-refractivity contribution is 5.98. The Morgan fingerprint density at radius 3 is 2.81 bits per heavy atom. The lowest BCUT2D eigenvalue weighted by atomic mass is 10.0. The minimum atomic E-state index is -0.512. The smallest absolute Gasteiger partial charge is 0.241 e. The Hall–Kier alpha value is -1.88. The normalized spacial score (nSPS) is 16.4. The number of hydrogen-bond acceptors (Lipinski definition) is 3. The lowest BCUT2D eigenvalue weighted by molar-refractivity contribution is -0.118. The topological polar surface area (TPSA) is 75.4 Å². The van der Waals surface area contributed by atoms with Gasteiger partial charge >= 0.3 is 0 Å². The monoisotopic (exact) mass is 289 g/mol. The van der Waals surface area contributed by atoms with Crippen molar-refractivity contribution in [3.63, 3.8) is 0 Å². The van der Waals surface area contributed by atoms with Crippen molar-refractivity contribution in [2.45, 2.75) is 39.2 Å². The molecule has 5 heteroatoms. The second-order valence-electron chi connectivity index (χ2n) is 5.92. The maximum atomic E-state index is 12.0. The summed E-state index contributed by atoms with van der Waals surface area (Å²) >= 11 is 0. The van der Waals surface area contributed by atoms with E-state index in [0.29, 0.717) is 24.4 Å². The average molecular weight is 289 g/mol. The minimum absolute atomic E-state index is 0.134. The Morgan fingerprint density at radius 2 is 2.19 bits per heavy atom. The summed E-state index contributed by atoms with van der Waals surface area (Å²) in [5.41, 5.74) is 7.38. The standard InChI is InChI=1S/C16H23N3O2/c1-11(2)9-14(17)16(21)18-12-5-3-6-13(10-12)19-8-4-7-15(19)20/h3,5-6,10-11,14H,4,7-9,17H2,1-2H3,(H,18,21)/t14-/m0/s1. The van der Waals surface area contributed by atoms with Gasteiger partial charge in [-0.2, -0.15) is 0 Å². The fraction of sp³-hybridized carbons (Fsp3) is 0.500. The molecule has 1 heterocycles. The first-order chi connectivity index (χ1) is 9.97. The maximum absolute atomic E-state index is 12.0. The van der Waals surface area contributed by atoms with Gasteiger partial charge in [0.1, 0.15) is 0 Å². The number of nitrogens with one attached hydrogen (secondary N) is 1. The molecule has 3 N–H and O–H groups in total. The first kappa shape index (κ1) is 15.5. The molecule has 1 aliphatic rings. The second-order valence-corrected chi connectivity index (χ2v) is 5.92. The Bertz CT molecular complexity index is 528. The van der Waals surface area contributed by atoms with Crippen LogP contribution in [0.25, 0.3) is 0 Å². The van der Waals surface area contributed by atoms with Crippen LogP contribution < -0.4 is 16.0 Å². The van der Waals surface area contributed by atoms with E-state index in [1.807, 2.05) is 38.1 Å². The van der Waals surface area contributed by atoms with E-state index in [9.17, 15) is 9.59 Å². The third-order valence-corrected chi connectivity index (χ3v) is 3.56. The summed E-state index contributed by atoms with van der Waals surface area (Å²) in [6, 6.07) is 6.84. The highest BCUT2D eigenvalue weighted by Gasteiger charge is 2.22. The molecule has 0 aliphatic carbocycles. The molecule has 2 rings (SSSR count). The molecule has 0 spiro atoms. The number of benzene rings is 1. The lowest BCUT2D eigenvalue weighted by Crippen LogP contribution is -2.36. The Balaban J connectivity index is 2.04. The van der Waals surface area contributed by atoms with Crippen LogP contribution in [0.5, 0.6) is 0 Å². The number of nitrogens with zero attached hydrogens (tertiary/aromatic N) is 1. The quantitative estimate of drug-likeness (QED) is 0.872. The van der Waals surface area contributed by atoms with E-state index < -0.39 is 6.04 Å². The van der Waals surface area contributed by atoms with Crippen LogP contribution in [0, 0.1) is 5.92 Å². The summed E-state index contributed by atoms with van der Waals surface area (Å²) < 4.78 is 0. The van der Waals surface area contributed by atoms with Crippen molar-refractivity contribution in [1.29, 1.82) is 0 Å². The summed E-state index contributed by atoms with van der Waals surface area (Å²) in [7, 11) is 0. The van der Waals surface area contributed by atoms with Crippen LogP contribution in [0.3, 0.4) is 0 Å². The summed E-state index contributed by atoms with van der Waals surface area (Å²) in [5.74, 6) is 0.322. The molecule has 21 heavy (non-hydrogen) atoms. The number of carbonyl (C=O) groups is 2. The number of nitrogens with two attached hydrogens (primary N) is 1. The molecule has 0 radical (unpaired) electrons. The van der Waals surface area contributed by atoms with Crippen LogP contribution in [0.2, 0.25) is 0 Å². The van der Waals surface area contributed by atoms with Gasteiger partial charge in [-0.3, -0.25) is 9.59 Å². The lowest BCUT2D eigenvalue weighted by Gasteiger charge is -2.18. The zero-order chi connectivity index (χ0) is 15.4. The van der Waals surface area contributed by atoms with Gasteiger partial charge in [0.25, 0.3) is 0 Å². The van der Waals surface area contributed by atoms with E-state index in [0.717, 1.165) is 18.7 Å². The average Bonchev–Trinajstić information content (AvgIpc) is 2.84. The van der Waals surface area contributed by atoms with Crippen molar-refractivity contribution in [3.05, 3.63) is 24.3 Å². The van der Waals surface area contributed by atoms with Crippen LogP contribution in [-0.2, 0) is 9.59 Å². The molecule has 114 valence electrons. The molecule has 1 fully saturated rings. The van der Waals surface area contributed by atoms with Crippen molar-refractivity contribution in [2.75, 3.05) is 16.8 Å². The predicted octanol–water partition coefficient (Wildman–Crippen LogP) is 2.13. The number of amides is 2. The molecular formula is C16H23N3O2. The number of hydrogen-bond donors (Lipinski definition) is 2. The minimum Gasteiger partial charge on any atom is -0.325 e. The van der Waals surface area contributed by atoms with Crippen molar-refractivity contribution in [1.82, 2.24) is 0 Å². The molecule has 0 saturated carbocycles. The van der Waals surface area contributed by atoms with Gasteiger partial charge < -0.3 is 16.0 Å². The summed E-state index contributed by atoms with van der Waals surface area (Å²) in [6.07, 6.45) is 2.13. The van der Waals surface area contributed by atoms with Gasteiger partial charge in [-0.15, -0.1) is 0 Å². The van der Waals surface area contributed by atoms with Gasteiger partial charge in [-0.1, -0.05) is 19.9 Å². The fourth-order valence-electron chi connectivity index (χ4n) is 2.52. The van der Waals surface area contributed by atoms with Gasteiger partial charge in [0.05, 0.1) is 6.04 Å². The largest absolute Gasteiger partial charge is 0.325 e. The van der Waals surface area contributed by atoms with Crippen molar-refractivity contribution in [3.8, 4) is 0 Å². The van der Waals surface area contributed by atoms with Crippen LogP contribution in [-0.4, -0.2) is 24.4 Å². The van der Waals surface area contributed by atoms with Crippen LogP contribution >= 0.6 is 0 Å². The first-order valence-corrected chi connectivity index (χ1v) is 7.44. The Labute approximate surface area is 125 Å². The molecule has 5 nitrogen and oxygen atoms in total. The van der Waals surface area contributed by atoms with E-state index in [1.54, 1.807) is 4.90 Å². The summed E-state index contributed by atoms with van der Waals surface area (Å²) in [5, 5.41) is 2.82. The Kier molecular flexibility index (Phi) is 4.96. The van der Waals surface area contributed by atoms with E-state index in [1.165, 1.54) is 0 Å². The Morgan fingerprint density at radius 1 is 1.43 bits per heavy atom. The molecule has 1 aromatic carbocycles. The summed E-state index contributed by atoms with van der Waals surface area (Å²) in [4.78, 5) is 25.5. The number of anilines is 2. The molecule has 1 atom stereocenters. The zero-order valence-electron chi connectivity index (χ0n) is 12.6. The van der Waals surface area contributed by atoms with E-state index in [-0.39, 0.29) is 11.8 Å². The first-order valence-electron chi connectivity index (χ1n) is 7.44. The van der Waals surface area contributed by atoms with Crippen molar-refractivity contribution in [2.24, 2.45) is 11.7 Å². The van der Waals surface area contributed by atoms with Gasteiger partial charge in [0, 0.05) is 24.3 Å². The van der Waals surface area contributed by atoms with Gasteiger partial charge in [0.15, 0.2) is 0 Å². The van der Waals surface area contributed by atoms with Crippen LogP contribution in [0.15, 0.2) is 24.3 Å². The highest BCUT2D eigenvalue weighted by Crippen LogP contribution is 2.24. The van der Waals surface area contributed by atoms with Crippen LogP contribution in [0.1, 0.15) is 33.1 Å². The van der Waals surface area contributed by atoms with Crippen molar-refractivity contribution < 1.29 is 9.59 Å². The van der Waals surface area contributed by atoms with E-state index in [4.69, 9.17) is 5.73 Å². The predicted molar refractivity (Wildman–Crippen MR) is 84.1 cm³/mol. The molecule has 1 aromatic rings. The molecule has 2 amide bonds. The van der Waals surface area contributed by atoms with Gasteiger partial charge in [-0.05, 0) is 37.0 Å². The third kappa shape index (κ3) is 4.04. The highest BCUT2D eigenvalue weighted by atomic mass is 16.2. The zero-order valence-corrected chi connectivity index (χ0v) is 12.6. The van der Waals surface area contributed by atoms with Gasteiger partial charge in [0.2, 0.25) is 11.8 Å². The molecule has 0 aromatic heterocycles. The maximum Gasteiger partial charge on any atom is 0.241 e.